The summed E-state index contributed by atoms with van der Waals surface area (Å²) in [5.74, 6) is -0.0711. The highest BCUT2D eigenvalue weighted by atomic mass is 35.5. The molecule has 4 rings (SSSR count). The Morgan fingerprint density at radius 3 is 2.53 bits per heavy atom. The zero-order valence-corrected chi connectivity index (χ0v) is 20.3. The van der Waals surface area contributed by atoms with Gasteiger partial charge in [-0.25, -0.2) is 18.1 Å². The predicted molar refractivity (Wildman–Crippen MR) is 132 cm³/mol. The number of ether oxygens (including phenoxy) is 1. The fourth-order valence-corrected chi connectivity index (χ4v) is 6.35. The zero-order valence-electron chi connectivity index (χ0n) is 18.7. The molecule has 1 amide bonds. The molecule has 0 saturated heterocycles. The van der Waals surface area contributed by atoms with Crippen molar-refractivity contribution >= 4 is 33.3 Å². The lowest BCUT2D eigenvalue weighted by Crippen LogP contribution is -2.44. The molecule has 1 atom stereocenters. The van der Waals surface area contributed by atoms with Crippen LogP contribution in [-0.4, -0.2) is 19.3 Å². The van der Waals surface area contributed by atoms with Gasteiger partial charge >= 0.3 is 0 Å². The lowest BCUT2D eigenvalue weighted by Gasteiger charge is -2.30. The maximum absolute atomic E-state index is 13.6. The van der Waals surface area contributed by atoms with Gasteiger partial charge in [0.25, 0.3) is 5.91 Å². The molecule has 7 nitrogen and oxygen atoms in total. The third-order valence-electron chi connectivity index (χ3n) is 6.22. The molecule has 1 aliphatic rings. The molecule has 3 aromatic rings. The van der Waals surface area contributed by atoms with Crippen LogP contribution in [0.25, 0.3) is 0 Å². The number of halogens is 1. The van der Waals surface area contributed by atoms with Crippen molar-refractivity contribution in [2.24, 2.45) is 0 Å². The van der Waals surface area contributed by atoms with E-state index in [1.807, 2.05) is 19.1 Å². The van der Waals surface area contributed by atoms with Crippen molar-refractivity contribution in [3.8, 4) is 5.75 Å². The summed E-state index contributed by atoms with van der Waals surface area (Å²) in [6.07, 6.45) is 3.35. The second-order valence-corrected chi connectivity index (χ2v) is 10.9. The predicted octanol–water partition coefficient (Wildman–Crippen LogP) is 4.99. The number of nitrogens with two attached hydrogens (primary N) is 1. The number of rotatable bonds is 7. The standard InChI is InChI=1S/C25H26ClN3O4S/c1-17(33-22-15-21(26)16-28-23(22)27)19-10-7-11-20(14-19)25(12-5-6-13-25)34(31,32)29-24(30)18-8-3-2-4-9-18/h2-4,7-11,14-17H,5-6,12-13H2,1H3,(H2,27,28)(H,29,30)/t17-/m1/s1. The molecule has 0 spiro atoms. The van der Waals surface area contributed by atoms with E-state index >= 15 is 0 Å². The molecule has 9 heteroatoms. The summed E-state index contributed by atoms with van der Waals surface area (Å²) < 4.78 is 34.3. The minimum Gasteiger partial charge on any atom is -0.482 e. The first kappa shape index (κ1) is 24.0. The molecule has 34 heavy (non-hydrogen) atoms. The molecule has 1 fully saturated rings. The fraction of sp³-hybridized carbons (Fsp3) is 0.280. The van der Waals surface area contributed by atoms with Crippen LogP contribution in [0.5, 0.6) is 5.75 Å². The monoisotopic (exact) mass is 499 g/mol. The van der Waals surface area contributed by atoms with Crippen LogP contribution < -0.4 is 15.2 Å². The number of amides is 1. The van der Waals surface area contributed by atoms with E-state index in [-0.39, 0.29) is 5.82 Å². The maximum Gasteiger partial charge on any atom is 0.264 e. The highest BCUT2D eigenvalue weighted by Gasteiger charge is 2.48. The van der Waals surface area contributed by atoms with Crippen LogP contribution in [-0.2, 0) is 14.8 Å². The van der Waals surface area contributed by atoms with Gasteiger partial charge in [-0.2, -0.15) is 0 Å². The lowest BCUT2D eigenvalue weighted by atomic mass is 9.94. The Labute approximate surface area is 204 Å². The van der Waals surface area contributed by atoms with Crippen molar-refractivity contribution in [3.05, 3.63) is 88.6 Å². The third-order valence-corrected chi connectivity index (χ3v) is 8.56. The number of hydrogen-bond acceptors (Lipinski definition) is 6. The minimum atomic E-state index is -4.02. The van der Waals surface area contributed by atoms with Gasteiger partial charge < -0.3 is 10.5 Å². The summed E-state index contributed by atoms with van der Waals surface area (Å²) in [4.78, 5) is 16.7. The number of carbonyl (C=O) groups excluding carboxylic acids is 1. The summed E-state index contributed by atoms with van der Waals surface area (Å²) in [6.45, 7) is 1.84. The Morgan fingerprint density at radius 2 is 1.82 bits per heavy atom. The molecule has 1 aliphatic carbocycles. The molecule has 0 aliphatic heterocycles. The zero-order chi connectivity index (χ0) is 24.3. The Morgan fingerprint density at radius 1 is 1.12 bits per heavy atom. The number of nitrogens with one attached hydrogen (secondary N) is 1. The summed E-state index contributed by atoms with van der Waals surface area (Å²) in [5.41, 5.74) is 7.60. The van der Waals surface area contributed by atoms with Crippen molar-refractivity contribution < 1.29 is 17.9 Å². The number of hydrogen-bond donors (Lipinski definition) is 2. The van der Waals surface area contributed by atoms with Crippen molar-refractivity contribution in [3.63, 3.8) is 0 Å². The van der Waals surface area contributed by atoms with E-state index in [9.17, 15) is 13.2 Å². The Kier molecular flexibility index (Phi) is 6.81. The van der Waals surface area contributed by atoms with E-state index in [0.717, 1.165) is 18.4 Å². The van der Waals surface area contributed by atoms with Gasteiger partial charge in [-0.15, -0.1) is 0 Å². The third kappa shape index (κ3) is 4.74. The molecule has 1 heterocycles. The minimum absolute atomic E-state index is 0.214. The topological polar surface area (TPSA) is 111 Å². The van der Waals surface area contributed by atoms with E-state index in [1.54, 1.807) is 48.5 Å². The number of pyridine rings is 1. The maximum atomic E-state index is 13.6. The Balaban J connectivity index is 1.64. The Bertz CT molecular complexity index is 1290. The van der Waals surface area contributed by atoms with Crippen molar-refractivity contribution in [2.75, 3.05) is 5.73 Å². The van der Waals surface area contributed by atoms with Crippen LogP contribution in [0.1, 0.15) is 60.2 Å². The van der Waals surface area contributed by atoms with Gasteiger partial charge in [0.2, 0.25) is 10.0 Å². The molecule has 1 saturated carbocycles. The largest absolute Gasteiger partial charge is 0.482 e. The molecule has 3 N–H and O–H groups in total. The molecular weight excluding hydrogens is 474 g/mol. The number of anilines is 1. The number of aromatic nitrogens is 1. The van der Waals surface area contributed by atoms with Gasteiger partial charge in [0, 0.05) is 17.8 Å². The number of nitrogen functional groups attached to an aromatic ring is 1. The van der Waals surface area contributed by atoms with E-state index in [2.05, 4.69) is 9.71 Å². The number of nitrogens with zero attached hydrogens (tertiary/aromatic N) is 1. The lowest BCUT2D eigenvalue weighted by molar-refractivity contribution is 0.0980. The number of benzene rings is 2. The average Bonchev–Trinajstić information content (AvgIpc) is 3.34. The number of sulfonamides is 1. The molecule has 0 radical (unpaired) electrons. The van der Waals surface area contributed by atoms with Crippen LogP contribution in [0.3, 0.4) is 0 Å². The van der Waals surface area contributed by atoms with Gasteiger partial charge in [0.15, 0.2) is 11.6 Å². The first-order valence-electron chi connectivity index (χ1n) is 11.0. The van der Waals surface area contributed by atoms with E-state index in [0.29, 0.717) is 34.7 Å². The molecule has 1 aromatic heterocycles. The Hall–Kier alpha value is -3.10. The average molecular weight is 500 g/mol. The first-order chi connectivity index (χ1) is 16.2. The van der Waals surface area contributed by atoms with Crippen LogP contribution >= 0.6 is 11.6 Å². The summed E-state index contributed by atoms with van der Waals surface area (Å²) >= 11 is 6.01. The van der Waals surface area contributed by atoms with E-state index in [4.69, 9.17) is 22.1 Å². The van der Waals surface area contributed by atoms with Gasteiger partial charge in [0.05, 0.1) is 5.02 Å². The molecule has 178 valence electrons. The van der Waals surface area contributed by atoms with Crippen molar-refractivity contribution in [1.29, 1.82) is 0 Å². The molecule has 0 bridgehead atoms. The summed E-state index contributed by atoms with van der Waals surface area (Å²) in [7, 11) is -4.02. The van der Waals surface area contributed by atoms with Crippen LogP contribution in [0.4, 0.5) is 5.82 Å². The van der Waals surface area contributed by atoms with Gasteiger partial charge in [-0.1, -0.05) is 66.9 Å². The second kappa shape index (κ2) is 9.64. The van der Waals surface area contributed by atoms with Gasteiger partial charge in [0.1, 0.15) is 10.9 Å². The summed E-state index contributed by atoms with van der Waals surface area (Å²) in [5, 5.41) is 0.398. The molecular formula is C25H26ClN3O4S. The number of carbonyl (C=O) groups is 1. The van der Waals surface area contributed by atoms with E-state index < -0.39 is 26.8 Å². The highest BCUT2D eigenvalue weighted by Crippen LogP contribution is 2.45. The van der Waals surface area contributed by atoms with Gasteiger partial charge in [-0.05, 0) is 43.0 Å². The fourth-order valence-electron chi connectivity index (χ4n) is 4.39. The molecule has 0 unspecified atom stereocenters. The first-order valence-corrected chi connectivity index (χ1v) is 12.9. The highest BCUT2D eigenvalue weighted by molar-refractivity contribution is 7.91. The van der Waals surface area contributed by atoms with E-state index in [1.165, 1.54) is 6.20 Å². The van der Waals surface area contributed by atoms with Gasteiger partial charge in [-0.3, -0.25) is 4.79 Å². The van der Waals surface area contributed by atoms with Crippen molar-refractivity contribution in [2.45, 2.75) is 43.5 Å². The van der Waals surface area contributed by atoms with Crippen molar-refractivity contribution in [1.82, 2.24) is 9.71 Å². The molecule has 2 aromatic carbocycles. The SMILES string of the molecule is C[C@@H](Oc1cc(Cl)cnc1N)c1cccc(C2(S(=O)(=O)NC(=O)c3ccccc3)CCCC2)c1. The van der Waals surface area contributed by atoms with Crippen LogP contribution in [0, 0.1) is 0 Å². The quantitative estimate of drug-likeness (QED) is 0.474. The van der Waals surface area contributed by atoms with Crippen LogP contribution in [0.2, 0.25) is 5.02 Å². The van der Waals surface area contributed by atoms with Crippen LogP contribution in [0.15, 0.2) is 66.9 Å². The summed E-state index contributed by atoms with van der Waals surface area (Å²) in [6, 6.07) is 17.2. The normalized spacial score (nSPS) is 16.1. The second-order valence-electron chi connectivity index (χ2n) is 8.42. The smallest absolute Gasteiger partial charge is 0.264 e.